The number of benzene rings is 1. The van der Waals surface area contributed by atoms with Gasteiger partial charge in [0, 0.05) is 44.6 Å². The molecule has 176 valence electrons. The third-order valence-corrected chi connectivity index (χ3v) is 7.74. The van der Waals surface area contributed by atoms with Gasteiger partial charge in [0.25, 0.3) is 0 Å². The van der Waals surface area contributed by atoms with E-state index in [2.05, 4.69) is 15.3 Å². The van der Waals surface area contributed by atoms with Crippen molar-refractivity contribution in [3.05, 3.63) is 46.9 Å². The lowest BCUT2D eigenvalue weighted by Crippen LogP contribution is -2.50. The van der Waals surface area contributed by atoms with Crippen LogP contribution in [0.1, 0.15) is 29.3 Å². The first-order valence-electron chi connectivity index (χ1n) is 10.5. The van der Waals surface area contributed by atoms with Gasteiger partial charge in [0.05, 0.1) is 0 Å². The van der Waals surface area contributed by atoms with Crippen molar-refractivity contribution in [1.29, 1.82) is 0 Å². The van der Waals surface area contributed by atoms with E-state index in [0.29, 0.717) is 28.5 Å². The molecule has 0 N–H and O–H groups in total. The van der Waals surface area contributed by atoms with Crippen molar-refractivity contribution in [3.8, 4) is 11.4 Å². The van der Waals surface area contributed by atoms with Gasteiger partial charge in [-0.3, -0.25) is 4.79 Å². The largest absolute Gasteiger partial charge is 0.360 e. The van der Waals surface area contributed by atoms with Crippen LogP contribution in [0.15, 0.2) is 32.1 Å². The van der Waals surface area contributed by atoms with Crippen LogP contribution in [-0.2, 0) is 21.2 Å². The van der Waals surface area contributed by atoms with Crippen molar-refractivity contribution in [2.75, 3.05) is 26.2 Å². The highest BCUT2D eigenvalue weighted by atomic mass is 32.2. The molecule has 12 heteroatoms. The van der Waals surface area contributed by atoms with Gasteiger partial charge in [-0.2, -0.15) is 9.29 Å². The number of aromatic nitrogens is 3. The molecular formula is C21H24FN5O5S. The number of piperazine rings is 1. The lowest BCUT2D eigenvalue weighted by atomic mass is 10.1. The van der Waals surface area contributed by atoms with E-state index < -0.39 is 10.0 Å². The molecular weight excluding hydrogens is 453 g/mol. The lowest BCUT2D eigenvalue weighted by molar-refractivity contribution is -0.132. The maximum atomic E-state index is 13.5. The maximum Gasteiger partial charge on any atom is 0.248 e. The van der Waals surface area contributed by atoms with Crippen LogP contribution in [-0.4, -0.2) is 65.0 Å². The Morgan fingerprint density at radius 2 is 1.82 bits per heavy atom. The number of nitrogens with zero attached hydrogens (tertiary/aromatic N) is 5. The Hall–Kier alpha value is -3.12. The number of amides is 1. The normalized spacial score (nSPS) is 15.2. The van der Waals surface area contributed by atoms with Crippen LogP contribution < -0.4 is 0 Å². The zero-order chi connectivity index (χ0) is 23.8. The number of sulfonamides is 1. The minimum absolute atomic E-state index is 0.0887. The van der Waals surface area contributed by atoms with Gasteiger partial charge in [0.2, 0.25) is 27.6 Å². The average molecular weight is 478 g/mol. The van der Waals surface area contributed by atoms with Gasteiger partial charge >= 0.3 is 0 Å². The molecule has 1 aliphatic heterocycles. The highest BCUT2D eigenvalue weighted by Crippen LogP contribution is 2.24. The van der Waals surface area contributed by atoms with Gasteiger partial charge in [-0.05, 0) is 44.5 Å². The Balaban J connectivity index is 1.32. The van der Waals surface area contributed by atoms with Crippen molar-refractivity contribution in [2.45, 2.75) is 38.5 Å². The van der Waals surface area contributed by atoms with Crippen LogP contribution in [0.2, 0.25) is 0 Å². The fourth-order valence-corrected chi connectivity index (χ4v) is 5.49. The molecule has 10 nitrogen and oxygen atoms in total. The molecule has 0 aliphatic carbocycles. The van der Waals surface area contributed by atoms with Gasteiger partial charge in [-0.15, -0.1) is 0 Å². The quantitative estimate of drug-likeness (QED) is 0.530. The van der Waals surface area contributed by atoms with Crippen LogP contribution >= 0.6 is 0 Å². The Bertz CT molecular complexity index is 1260. The Morgan fingerprint density at radius 3 is 2.45 bits per heavy atom. The van der Waals surface area contributed by atoms with Gasteiger partial charge in [0.1, 0.15) is 16.4 Å². The summed E-state index contributed by atoms with van der Waals surface area (Å²) in [6.07, 6.45) is 0.407. The molecule has 3 heterocycles. The second-order valence-electron chi connectivity index (χ2n) is 7.91. The Kier molecular flexibility index (Phi) is 6.30. The van der Waals surface area contributed by atoms with E-state index in [4.69, 9.17) is 9.05 Å². The highest BCUT2D eigenvalue weighted by Gasteiger charge is 2.34. The van der Waals surface area contributed by atoms with Crippen LogP contribution in [0.4, 0.5) is 4.39 Å². The molecule has 0 atom stereocenters. The van der Waals surface area contributed by atoms with Crippen LogP contribution in [0.5, 0.6) is 0 Å². The molecule has 1 saturated heterocycles. The molecule has 4 rings (SSSR count). The summed E-state index contributed by atoms with van der Waals surface area (Å²) < 4.78 is 50.8. The predicted octanol–water partition coefficient (Wildman–Crippen LogP) is 2.25. The molecule has 1 fully saturated rings. The van der Waals surface area contributed by atoms with E-state index in [1.54, 1.807) is 37.8 Å². The second-order valence-corrected chi connectivity index (χ2v) is 9.79. The molecule has 1 amide bonds. The van der Waals surface area contributed by atoms with Crippen molar-refractivity contribution in [3.63, 3.8) is 0 Å². The molecule has 3 aromatic rings. The predicted molar refractivity (Wildman–Crippen MR) is 114 cm³/mol. The van der Waals surface area contributed by atoms with E-state index in [1.165, 1.54) is 10.4 Å². The number of hydrogen-bond donors (Lipinski definition) is 0. The summed E-state index contributed by atoms with van der Waals surface area (Å²) in [5, 5.41) is 7.62. The topological polar surface area (TPSA) is 123 Å². The SMILES string of the molecule is Cc1cc(-c2noc(CCC(=O)N3CCN(S(=O)(=O)c4c(C)noc4C)CC3)n2)ccc1F. The Morgan fingerprint density at radius 1 is 1.09 bits per heavy atom. The molecule has 2 aromatic heterocycles. The monoisotopic (exact) mass is 477 g/mol. The van der Waals surface area contributed by atoms with Crippen molar-refractivity contribution >= 4 is 15.9 Å². The van der Waals surface area contributed by atoms with Crippen LogP contribution in [0.3, 0.4) is 0 Å². The summed E-state index contributed by atoms with van der Waals surface area (Å²) in [6, 6.07) is 4.54. The van der Waals surface area contributed by atoms with Crippen molar-refractivity contribution in [1.82, 2.24) is 24.5 Å². The molecule has 0 radical (unpaired) electrons. The van der Waals surface area contributed by atoms with Crippen LogP contribution in [0.25, 0.3) is 11.4 Å². The number of aryl methyl sites for hydroxylation is 4. The number of halogens is 1. The molecule has 33 heavy (non-hydrogen) atoms. The first-order chi connectivity index (χ1) is 15.7. The fourth-order valence-electron chi connectivity index (χ4n) is 3.78. The first kappa shape index (κ1) is 23.1. The molecule has 1 aromatic carbocycles. The summed E-state index contributed by atoms with van der Waals surface area (Å²) in [6.45, 7) is 5.74. The third-order valence-electron chi connectivity index (χ3n) is 5.59. The highest BCUT2D eigenvalue weighted by molar-refractivity contribution is 7.89. The number of carbonyl (C=O) groups excluding carboxylic acids is 1. The zero-order valence-corrected chi connectivity index (χ0v) is 19.4. The second kappa shape index (κ2) is 9.02. The van der Waals surface area contributed by atoms with E-state index in [-0.39, 0.29) is 61.4 Å². The summed E-state index contributed by atoms with van der Waals surface area (Å²) in [4.78, 5) is 18.6. The first-order valence-corrected chi connectivity index (χ1v) is 11.9. The lowest BCUT2D eigenvalue weighted by Gasteiger charge is -2.33. The van der Waals surface area contributed by atoms with Crippen LogP contribution in [0, 0.1) is 26.6 Å². The Labute approximate surface area is 190 Å². The van der Waals surface area contributed by atoms with Gasteiger partial charge in [0.15, 0.2) is 5.76 Å². The summed E-state index contributed by atoms with van der Waals surface area (Å²) in [5.41, 5.74) is 1.43. The molecule has 0 spiro atoms. The third kappa shape index (κ3) is 4.67. The molecule has 1 aliphatic rings. The molecule has 0 saturated carbocycles. The maximum absolute atomic E-state index is 13.5. The standard InChI is InChI=1S/C21H24FN5O5S/c1-13-12-16(4-5-17(13)22)21-23-18(32-25-21)6-7-19(28)26-8-10-27(11-9-26)33(29,30)20-14(2)24-31-15(20)3/h4-5,12H,6-11H2,1-3H3. The number of rotatable bonds is 6. The van der Waals surface area contributed by atoms with Crippen molar-refractivity contribution < 1.29 is 26.6 Å². The van der Waals surface area contributed by atoms with E-state index >= 15 is 0 Å². The average Bonchev–Trinajstić information content (AvgIpc) is 3.40. The van der Waals surface area contributed by atoms with E-state index in [9.17, 15) is 17.6 Å². The number of hydrogen-bond acceptors (Lipinski definition) is 8. The molecule has 0 unspecified atom stereocenters. The zero-order valence-electron chi connectivity index (χ0n) is 18.5. The fraction of sp³-hybridized carbons (Fsp3) is 0.429. The summed E-state index contributed by atoms with van der Waals surface area (Å²) >= 11 is 0. The van der Waals surface area contributed by atoms with Gasteiger partial charge in [-0.1, -0.05) is 10.3 Å². The smallest absolute Gasteiger partial charge is 0.248 e. The summed E-state index contributed by atoms with van der Waals surface area (Å²) in [5.74, 6) is 0.453. The minimum Gasteiger partial charge on any atom is -0.360 e. The number of carbonyl (C=O) groups is 1. The molecule has 0 bridgehead atoms. The van der Waals surface area contributed by atoms with Gasteiger partial charge in [-0.25, -0.2) is 12.8 Å². The minimum atomic E-state index is -3.73. The van der Waals surface area contributed by atoms with Crippen molar-refractivity contribution in [2.24, 2.45) is 0 Å². The van der Waals surface area contributed by atoms with E-state index in [1.807, 2.05) is 0 Å². The summed E-state index contributed by atoms with van der Waals surface area (Å²) in [7, 11) is -3.73. The van der Waals surface area contributed by atoms with E-state index in [0.717, 1.165) is 0 Å². The van der Waals surface area contributed by atoms with Gasteiger partial charge < -0.3 is 13.9 Å².